The van der Waals surface area contributed by atoms with Gasteiger partial charge in [0.2, 0.25) is 0 Å². The summed E-state index contributed by atoms with van der Waals surface area (Å²) < 4.78 is 15.9. The van der Waals surface area contributed by atoms with E-state index in [9.17, 15) is 9.59 Å². The van der Waals surface area contributed by atoms with Gasteiger partial charge in [-0.05, 0) is 50.6 Å². The minimum Gasteiger partial charge on any atom is -0.496 e. The number of nitrogens with one attached hydrogen (secondary N) is 3. The molecule has 0 fully saturated rings. The zero-order valence-electron chi connectivity index (χ0n) is 18.4. The van der Waals surface area contributed by atoms with Gasteiger partial charge < -0.3 is 29.8 Å². The summed E-state index contributed by atoms with van der Waals surface area (Å²) in [6.07, 6.45) is 2.42. The summed E-state index contributed by atoms with van der Waals surface area (Å²) in [4.78, 5) is 28.2. The number of rotatable bonds is 6. The van der Waals surface area contributed by atoms with Crippen LogP contribution in [-0.4, -0.2) is 29.8 Å². The summed E-state index contributed by atoms with van der Waals surface area (Å²) in [6.45, 7) is 5.67. The van der Waals surface area contributed by atoms with Gasteiger partial charge in [-0.3, -0.25) is 0 Å². The number of alkyl carbamates (subject to hydrolysis) is 1. The lowest BCUT2D eigenvalue weighted by molar-refractivity contribution is 0.0523. The molecule has 168 valence electrons. The molecule has 3 N–H and O–H groups in total. The van der Waals surface area contributed by atoms with E-state index in [1.807, 2.05) is 6.07 Å². The lowest BCUT2D eigenvalue weighted by Gasteiger charge is -2.19. The van der Waals surface area contributed by atoms with Crippen LogP contribution in [0.5, 0.6) is 5.75 Å². The van der Waals surface area contributed by atoms with Crippen molar-refractivity contribution in [3.8, 4) is 17.1 Å². The van der Waals surface area contributed by atoms with Crippen LogP contribution in [0.2, 0.25) is 0 Å². The smallest absolute Gasteiger partial charge is 0.407 e. The van der Waals surface area contributed by atoms with Crippen LogP contribution in [0, 0.1) is 0 Å². The second-order valence-electron chi connectivity index (χ2n) is 7.92. The van der Waals surface area contributed by atoms with Gasteiger partial charge in [-0.25, -0.2) is 14.6 Å². The number of urea groups is 1. The zero-order valence-corrected chi connectivity index (χ0v) is 18.4. The van der Waals surface area contributed by atoms with Crippen LogP contribution >= 0.6 is 0 Å². The molecule has 3 amide bonds. The van der Waals surface area contributed by atoms with E-state index >= 15 is 0 Å². The van der Waals surface area contributed by atoms with Gasteiger partial charge in [-0.2, -0.15) is 0 Å². The molecule has 1 heterocycles. The predicted molar refractivity (Wildman–Crippen MR) is 121 cm³/mol. The van der Waals surface area contributed by atoms with Crippen molar-refractivity contribution in [3.63, 3.8) is 0 Å². The molecule has 0 saturated carbocycles. The van der Waals surface area contributed by atoms with E-state index < -0.39 is 17.7 Å². The van der Waals surface area contributed by atoms with Crippen LogP contribution in [0.15, 0.2) is 59.5 Å². The molecule has 9 nitrogen and oxygen atoms in total. The van der Waals surface area contributed by atoms with E-state index in [0.29, 0.717) is 22.9 Å². The average molecular weight is 438 g/mol. The van der Waals surface area contributed by atoms with E-state index in [2.05, 4.69) is 20.9 Å². The number of aromatic nitrogens is 1. The van der Waals surface area contributed by atoms with Crippen molar-refractivity contribution >= 4 is 23.5 Å². The lowest BCUT2D eigenvalue weighted by Crippen LogP contribution is -2.32. The number of benzene rings is 2. The molecule has 0 aliphatic rings. The van der Waals surface area contributed by atoms with Gasteiger partial charge in [0.05, 0.1) is 18.9 Å². The second kappa shape index (κ2) is 9.86. The summed E-state index contributed by atoms with van der Waals surface area (Å²) in [5.41, 5.74) is 2.09. The SMILES string of the molecule is COc1cc(NC(=O)Nc2cccc(CNC(=O)OC(C)(C)C)c2)ccc1-c1cnco1. The highest BCUT2D eigenvalue weighted by Crippen LogP contribution is 2.32. The molecular formula is C23H26N4O5. The molecule has 1 aromatic heterocycles. The number of carbonyl (C=O) groups excluding carboxylic acids is 2. The van der Waals surface area contributed by atoms with Gasteiger partial charge in [-0.1, -0.05) is 12.1 Å². The molecule has 0 aliphatic heterocycles. The third-order valence-electron chi connectivity index (χ3n) is 4.18. The fraction of sp³-hybridized carbons (Fsp3) is 0.261. The fourth-order valence-electron chi connectivity index (χ4n) is 2.86. The molecule has 0 radical (unpaired) electrons. The summed E-state index contributed by atoms with van der Waals surface area (Å²) in [5.74, 6) is 1.10. The first-order valence-corrected chi connectivity index (χ1v) is 9.94. The first kappa shape index (κ1) is 22.7. The van der Waals surface area contributed by atoms with Crippen LogP contribution in [0.1, 0.15) is 26.3 Å². The van der Waals surface area contributed by atoms with E-state index in [1.54, 1.807) is 63.4 Å². The van der Waals surface area contributed by atoms with Crippen LogP contribution < -0.4 is 20.7 Å². The molecule has 3 rings (SSSR count). The van der Waals surface area contributed by atoms with E-state index in [0.717, 1.165) is 11.1 Å². The Hall–Kier alpha value is -4.01. The number of ether oxygens (including phenoxy) is 2. The van der Waals surface area contributed by atoms with Crippen molar-refractivity contribution in [3.05, 3.63) is 60.6 Å². The van der Waals surface area contributed by atoms with Crippen LogP contribution in [0.3, 0.4) is 0 Å². The quantitative estimate of drug-likeness (QED) is 0.498. The summed E-state index contributed by atoms with van der Waals surface area (Å²) in [6, 6.07) is 11.9. The van der Waals surface area contributed by atoms with Gasteiger partial charge in [-0.15, -0.1) is 0 Å². The highest BCUT2D eigenvalue weighted by atomic mass is 16.6. The highest BCUT2D eigenvalue weighted by Gasteiger charge is 2.16. The number of hydrogen-bond donors (Lipinski definition) is 3. The van der Waals surface area contributed by atoms with Crippen LogP contribution in [0.4, 0.5) is 21.0 Å². The van der Waals surface area contributed by atoms with Crippen molar-refractivity contribution in [1.29, 1.82) is 0 Å². The Labute approximate surface area is 186 Å². The number of methoxy groups -OCH3 is 1. The molecule has 2 aromatic carbocycles. The topological polar surface area (TPSA) is 115 Å². The largest absolute Gasteiger partial charge is 0.496 e. The van der Waals surface area contributed by atoms with Crippen molar-refractivity contribution < 1.29 is 23.5 Å². The van der Waals surface area contributed by atoms with E-state index in [1.165, 1.54) is 13.5 Å². The summed E-state index contributed by atoms with van der Waals surface area (Å²) in [5, 5.41) is 8.23. The van der Waals surface area contributed by atoms with Crippen molar-refractivity contribution in [2.75, 3.05) is 17.7 Å². The van der Waals surface area contributed by atoms with Gasteiger partial charge in [0.1, 0.15) is 11.4 Å². The summed E-state index contributed by atoms with van der Waals surface area (Å²) >= 11 is 0. The van der Waals surface area contributed by atoms with Gasteiger partial charge in [0.15, 0.2) is 12.2 Å². The Morgan fingerprint density at radius 1 is 1.06 bits per heavy atom. The molecule has 32 heavy (non-hydrogen) atoms. The predicted octanol–water partition coefficient (Wildman–Crippen LogP) is 5.02. The molecule has 0 bridgehead atoms. The maximum atomic E-state index is 12.4. The molecule has 3 aromatic rings. The first-order chi connectivity index (χ1) is 15.2. The number of nitrogens with zero attached hydrogens (tertiary/aromatic N) is 1. The van der Waals surface area contributed by atoms with E-state index in [-0.39, 0.29) is 6.54 Å². The lowest BCUT2D eigenvalue weighted by atomic mass is 10.1. The molecule has 0 atom stereocenters. The fourth-order valence-corrected chi connectivity index (χ4v) is 2.86. The second-order valence-corrected chi connectivity index (χ2v) is 7.92. The Morgan fingerprint density at radius 2 is 1.81 bits per heavy atom. The van der Waals surface area contributed by atoms with Gasteiger partial charge in [0.25, 0.3) is 0 Å². The van der Waals surface area contributed by atoms with Crippen molar-refractivity contribution in [2.45, 2.75) is 32.9 Å². The van der Waals surface area contributed by atoms with E-state index in [4.69, 9.17) is 13.9 Å². The molecule has 0 aliphatic carbocycles. The number of anilines is 2. The average Bonchev–Trinajstić information content (AvgIpc) is 3.26. The third-order valence-corrected chi connectivity index (χ3v) is 4.18. The Morgan fingerprint density at radius 3 is 2.47 bits per heavy atom. The van der Waals surface area contributed by atoms with Gasteiger partial charge >= 0.3 is 12.1 Å². The zero-order chi connectivity index (χ0) is 23.1. The number of carbonyl (C=O) groups is 2. The van der Waals surface area contributed by atoms with Crippen molar-refractivity contribution in [1.82, 2.24) is 10.3 Å². The molecule has 0 unspecified atom stereocenters. The summed E-state index contributed by atoms with van der Waals surface area (Å²) in [7, 11) is 1.54. The molecular weight excluding hydrogens is 412 g/mol. The van der Waals surface area contributed by atoms with Crippen LogP contribution in [-0.2, 0) is 11.3 Å². The van der Waals surface area contributed by atoms with Crippen molar-refractivity contribution in [2.24, 2.45) is 0 Å². The maximum Gasteiger partial charge on any atom is 0.407 e. The standard InChI is InChI=1S/C23H26N4O5/c1-23(2,3)32-22(29)25-12-15-6-5-7-16(10-15)26-21(28)27-17-8-9-18(19(11-17)30-4)20-13-24-14-31-20/h5-11,13-14H,12H2,1-4H3,(H,25,29)(H2,26,27,28). The molecule has 0 spiro atoms. The minimum absolute atomic E-state index is 0.270. The van der Waals surface area contributed by atoms with Gasteiger partial charge in [0, 0.05) is 24.0 Å². The Bertz CT molecular complexity index is 1070. The normalized spacial score (nSPS) is 10.9. The Balaban J connectivity index is 1.59. The molecule has 0 saturated heterocycles. The number of amides is 3. The molecule has 9 heteroatoms. The maximum absolute atomic E-state index is 12.4. The number of hydrogen-bond acceptors (Lipinski definition) is 6. The first-order valence-electron chi connectivity index (χ1n) is 9.94. The monoisotopic (exact) mass is 438 g/mol. The Kier molecular flexibility index (Phi) is 6.99. The third kappa shape index (κ3) is 6.49. The van der Waals surface area contributed by atoms with Crippen LogP contribution in [0.25, 0.3) is 11.3 Å². The highest BCUT2D eigenvalue weighted by molar-refractivity contribution is 6.00. The minimum atomic E-state index is -0.568. The number of oxazole rings is 1.